The molecule has 0 bridgehead atoms. The number of hydrogen-bond donors (Lipinski definition) is 0. The van der Waals surface area contributed by atoms with Crippen molar-refractivity contribution >= 4 is 0 Å². The standard InChI is InChI=1S/C24H40O12/c1-2-25-15-36-22(14-27-4-17-6-29-17)24(35-12-20-9-32-20)23(34-11-19-8-31-19)21(33-10-18-7-30-18)13-26-3-16-5-28-16/h16-24H,2-15H2,1H3. The van der Waals surface area contributed by atoms with Crippen LogP contribution in [-0.2, 0) is 56.8 Å². The molecule has 5 fully saturated rings. The monoisotopic (exact) mass is 520 g/mol. The van der Waals surface area contributed by atoms with E-state index in [4.69, 9.17) is 56.8 Å². The molecule has 12 heteroatoms. The molecular formula is C24H40O12. The Kier molecular flexibility index (Phi) is 10.6. The number of rotatable bonds is 24. The first-order chi connectivity index (χ1) is 17.8. The first-order valence-corrected chi connectivity index (χ1v) is 13.1. The van der Waals surface area contributed by atoms with Crippen LogP contribution in [0.15, 0.2) is 0 Å². The van der Waals surface area contributed by atoms with Crippen LogP contribution in [0.5, 0.6) is 0 Å². The fourth-order valence-corrected chi connectivity index (χ4v) is 3.64. The molecule has 5 rings (SSSR count). The van der Waals surface area contributed by atoms with Gasteiger partial charge >= 0.3 is 0 Å². The SMILES string of the molecule is CCOCOC(COCC1CO1)C(OCC1CO1)C(OCC1CO1)C(COCC1CO1)OCC1CO1. The highest BCUT2D eigenvalue weighted by atomic mass is 16.7. The van der Waals surface area contributed by atoms with Gasteiger partial charge in [-0.15, -0.1) is 0 Å². The fraction of sp³-hybridized carbons (Fsp3) is 1.00. The van der Waals surface area contributed by atoms with Crippen molar-refractivity contribution in [3.05, 3.63) is 0 Å². The Morgan fingerprint density at radius 2 is 0.917 bits per heavy atom. The van der Waals surface area contributed by atoms with Crippen LogP contribution in [0, 0.1) is 0 Å². The highest BCUT2D eigenvalue weighted by molar-refractivity contribution is 4.89. The zero-order valence-electron chi connectivity index (χ0n) is 21.0. The second-order valence-electron chi connectivity index (χ2n) is 9.64. The Balaban J connectivity index is 1.28. The van der Waals surface area contributed by atoms with Crippen molar-refractivity contribution in [3.8, 4) is 0 Å². The molecule has 0 saturated carbocycles. The summed E-state index contributed by atoms with van der Waals surface area (Å²) < 4.78 is 69.5. The number of ether oxygens (including phenoxy) is 12. The topological polar surface area (TPSA) is 127 Å². The average Bonchev–Trinajstić information content (AvgIpc) is 3.70. The third kappa shape index (κ3) is 10.4. The number of hydrogen-bond acceptors (Lipinski definition) is 12. The number of epoxide rings is 5. The summed E-state index contributed by atoms with van der Waals surface area (Å²) in [6, 6.07) is 0. The van der Waals surface area contributed by atoms with Crippen LogP contribution in [0.3, 0.4) is 0 Å². The van der Waals surface area contributed by atoms with Crippen molar-refractivity contribution in [1.29, 1.82) is 0 Å². The highest BCUT2D eigenvalue weighted by Gasteiger charge is 2.42. The van der Waals surface area contributed by atoms with Crippen molar-refractivity contribution in [1.82, 2.24) is 0 Å². The van der Waals surface area contributed by atoms with Crippen LogP contribution in [0.4, 0.5) is 0 Å². The molecule has 0 aromatic rings. The molecule has 0 aliphatic carbocycles. The van der Waals surface area contributed by atoms with Crippen molar-refractivity contribution in [2.75, 3.05) is 92.7 Å². The predicted molar refractivity (Wildman–Crippen MR) is 121 cm³/mol. The highest BCUT2D eigenvalue weighted by Crippen LogP contribution is 2.25. The molecular weight excluding hydrogens is 480 g/mol. The van der Waals surface area contributed by atoms with Gasteiger partial charge in [-0.05, 0) is 6.92 Å². The predicted octanol–water partition coefficient (Wildman–Crippen LogP) is -0.452. The van der Waals surface area contributed by atoms with Gasteiger partial charge < -0.3 is 56.8 Å². The smallest absolute Gasteiger partial charge is 0.147 e. The van der Waals surface area contributed by atoms with Gasteiger partial charge in [-0.3, -0.25) is 0 Å². The van der Waals surface area contributed by atoms with E-state index in [-0.39, 0.29) is 43.9 Å². The third-order valence-corrected chi connectivity index (χ3v) is 6.26. The minimum Gasteiger partial charge on any atom is -0.376 e. The molecule has 0 N–H and O–H groups in total. The van der Waals surface area contributed by atoms with Crippen molar-refractivity contribution in [3.63, 3.8) is 0 Å². The largest absolute Gasteiger partial charge is 0.376 e. The van der Waals surface area contributed by atoms with E-state index in [0.29, 0.717) is 66.1 Å². The fourth-order valence-electron chi connectivity index (χ4n) is 3.64. The lowest BCUT2D eigenvalue weighted by Gasteiger charge is -2.37. The Bertz CT molecular complexity index is 620. The summed E-state index contributed by atoms with van der Waals surface area (Å²) in [5.74, 6) is 0. The second-order valence-corrected chi connectivity index (χ2v) is 9.64. The maximum atomic E-state index is 6.43. The molecule has 5 aliphatic heterocycles. The van der Waals surface area contributed by atoms with E-state index in [2.05, 4.69) is 0 Å². The van der Waals surface area contributed by atoms with Gasteiger partial charge in [0.15, 0.2) is 0 Å². The van der Waals surface area contributed by atoms with Gasteiger partial charge in [-0.1, -0.05) is 0 Å². The van der Waals surface area contributed by atoms with Gasteiger partial charge in [0, 0.05) is 6.61 Å². The molecule has 0 radical (unpaired) electrons. The quantitative estimate of drug-likeness (QED) is 0.0929. The van der Waals surface area contributed by atoms with E-state index in [1.54, 1.807) is 0 Å². The first kappa shape index (κ1) is 27.1. The van der Waals surface area contributed by atoms with E-state index in [9.17, 15) is 0 Å². The maximum absolute atomic E-state index is 6.43. The van der Waals surface area contributed by atoms with Gasteiger partial charge in [0.05, 0.1) is 79.3 Å². The normalized spacial score (nSPS) is 33.1. The van der Waals surface area contributed by atoms with Crippen LogP contribution in [0.1, 0.15) is 6.92 Å². The molecule has 12 nitrogen and oxygen atoms in total. The molecule has 5 aliphatic rings. The van der Waals surface area contributed by atoms with E-state index >= 15 is 0 Å². The van der Waals surface area contributed by atoms with Crippen LogP contribution < -0.4 is 0 Å². The minimum atomic E-state index is -0.528. The summed E-state index contributed by atoms with van der Waals surface area (Å²) in [7, 11) is 0. The molecule has 208 valence electrons. The lowest BCUT2D eigenvalue weighted by Crippen LogP contribution is -2.53. The summed E-state index contributed by atoms with van der Waals surface area (Å²) in [4.78, 5) is 0. The van der Waals surface area contributed by atoms with Crippen molar-refractivity contribution in [2.45, 2.75) is 61.9 Å². The van der Waals surface area contributed by atoms with Crippen LogP contribution in [0.25, 0.3) is 0 Å². The molecule has 5 saturated heterocycles. The Hall–Kier alpha value is -0.480. The third-order valence-electron chi connectivity index (χ3n) is 6.26. The summed E-state index contributed by atoms with van der Waals surface area (Å²) in [5, 5.41) is 0. The van der Waals surface area contributed by atoms with E-state index < -0.39 is 24.4 Å². The second kappa shape index (κ2) is 14.1. The van der Waals surface area contributed by atoms with E-state index in [1.807, 2.05) is 6.92 Å². The molecule has 9 atom stereocenters. The Labute approximate surface area is 211 Å². The van der Waals surface area contributed by atoms with Crippen molar-refractivity contribution in [2.24, 2.45) is 0 Å². The van der Waals surface area contributed by atoms with E-state index in [0.717, 1.165) is 13.2 Å². The van der Waals surface area contributed by atoms with Gasteiger partial charge in [0.2, 0.25) is 0 Å². The molecule has 0 aromatic carbocycles. The lowest BCUT2D eigenvalue weighted by atomic mass is 10.0. The molecule has 0 aromatic heterocycles. The van der Waals surface area contributed by atoms with Crippen LogP contribution >= 0.6 is 0 Å². The lowest BCUT2D eigenvalue weighted by molar-refractivity contribution is -0.215. The van der Waals surface area contributed by atoms with Crippen LogP contribution in [-0.4, -0.2) is 148 Å². The first-order valence-electron chi connectivity index (χ1n) is 13.1. The zero-order valence-corrected chi connectivity index (χ0v) is 21.0. The summed E-state index contributed by atoms with van der Waals surface area (Å²) in [6.45, 7) is 8.97. The summed E-state index contributed by atoms with van der Waals surface area (Å²) in [6.07, 6.45) is -1.43. The van der Waals surface area contributed by atoms with Gasteiger partial charge in [0.25, 0.3) is 0 Å². The molecule has 36 heavy (non-hydrogen) atoms. The maximum Gasteiger partial charge on any atom is 0.147 e. The van der Waals surface area contributed by atoms with Crippen LogP contribution in [0.2, 0.25) is 0 Å². The minimum absolute atomic E-state index is 0.0655. The van der Waals surface area contributed by atoms with Gasteiger partial charge in [-0.2, -0.15) is 0 Å². The molecule has 5 heterocycles. The van der Waals surface area contributed by atoms with Crippen molar-refractivity contribution < 1.29 is 56.8 Å². The van der Waals surface area contributed by atoms with Gasteiger partial charge in [-0.25, -0.2) is 0 Å². The van der Waals surface area contributed by atoms with Gasteiger partial charge in [0.1, 0.15) is 61.7 Å². The molecule has 9 unspecified atom stereocenters. The average molecular weight is 521 g/mol. The molecule has 0 spiro atoms. The van der Waals surface area contributed by atoms with E-state index in [1.165, 1.54) is 0 Å². The Morgan fingerprint density at radius 3 is 1.33 bits per heavy atom. The Morgan fingerprint density at radius 1 is 0.528 bits per heavy atom. The molecule has 0 amide bonds. The zero-order chi connectivity index (χ0) is 24.6. The summed E-state index contributed by atoms with van der Waals surface area (Å²) in [5.41, 5.74) is 0. The summed E-state index contributed by atoms with van der Waals surface area (Å²) >= 11 is 0.